The molecule has 1 aliphatic heterocycles. The third-order valence-corrected chi connectivity index (χ3v) is 3.55. The predicted molar refractivity (Wildman–Crippen MR) is 73.5 cm³/mol. The van der Waals surface area contributed by atoms with Crippen LogP contribution in [0.4, 0.5) is 0 Å². The van der Waals surface area contributed by atoms with Crippen LogP contribution in [0.2, 0.25) is 0 Å². The Morgan fingerprint density at radius 1 is 1.59 bits per heavy atom. The molecule has 0 bridgehead atoms. The van der Waals surface area contributed by atoms with E-state index in [4.69, 9.17) is 16.3 Å². The highest BCUT2D eigenvalue weighted by molar-refractivity contribution is 6.25. The van der Waals surface area contributed by atoms with Crippen molar-refractivity contribution in [2.75, 3.05) is 46.4 Å². The standard InChI is InChI=1S/C13H25ClN2O/c1-12(8-14)10-16-6-3-4-13(11-16)9-15-5-7-17-2/h8,13,15H,3-7,9-11H2,1-2H3. The third-order valence-electron chi connectivity index (χ3n) is 3.18. The van der Waals surface area contributed by atoms with Crippen molar-refractivity contribution in [3.05, 3.63) is 11.1 Å². The summed E-state index contributed by atoms with van der Waals surface area (Å²) in [4.78, 5) is 2.50. The minimum absolute atomic E-state index is 0.767. The van der Waals surface area contributed by atoms with E-state index in [1.807, 2.05) is 0 Å². The molecular formula is C13H25ClN2O. The van der Waals surface area contributed by atoms with Crippen LogP contribution in [-0.2, 0) is 4.74 Å². The summed E-state index contributed by atoms with van der Waals surface area (Å²) in [6.45, 7) is 8.34. The lowest BCUT2D eigenvalue weighted by Gasteiger charge is -2.33. The van der Waals surface area contributed by atoms with Gasteiger partial charge in [0.1, 0.15) is 0 Å². The molecular weight excluding hydrogens is 236 g/mol. The van der Waals surface area contributed by atoms with E-state index in [2.05, 4.69) is 17.1 Å². The third kappa shape index (κ3) is 6.41. The van der Waals surface area contributed by atoms with Crippen LogP contribution < -0.4 is 5.32 Å². The fourth-order valence-electron chi connectivity index (χ4n) is 2.33. The molecule has 1 atom stereocenters. The van der Waals surface area contributed by atoms with E-state index in [9.17, 15) is 0 Å². The lowest BCUT2D eigenvalue weighted by Crippen LogP contribution is -2.40. The van der Waals surface area contributed by atoms with Gasteiger partial charge in [-0.25, -0.2) is 0 Å². The summed E-state index contributed by atoms with van der Waals surface area (Å²) in [5.41, 5.74) is 2.94. The smallest absolute Gasteiger partial charge is 0.0587 e. The number of ether oxygens (including phenoxy) is 1. The Labute approximate surface area is 110 Å². The summed E-state index contributed by atoms with van der Waals surface area (Å²) in [6, 6.07) is 0. The number of piperidine rings is 1. The Bertz CT molecular complexity index is 233. The Kier molecular flexibility index (Phi) is 7.86. The van der Waals surface area contributed by atoms with Crippen LogP contribution in [0, 0.1) is 5.92 Å². The average Bonchev–Trinajstić information content (AvgIpc) is 2.35. The lowest BCUT2D eigenvalue weighted by molar-refractivity contribution is 0.173. The van der Waals surface area contributed by atoms with Crippen molar-refractivity contribution in [1.29, 1.82) is 0 Å². The number of nitrogens with one attached hydrogen (secondary N) is 1. The molecule has 3 nitrogen and oxygen atoms in total. The molecule has 0 aromatic carbocycles. The maximum absolute atomic E-state index is 5.71. The highest BCUT2D eigenvalue weighted by Crippen LogP contribution is 2.16. The van der Waals surface area contributed by atoms with E-state index in [1.165, 1.54) is 31.5 Å². The summed E-state index contributed by atoms with van der Waals surface area (Å²) >= 11 is 5.71. The molecule has 0 amide bonds. The zero-order valence-electron chi connectivity index (χ0n) is 11.0. The minimum atomic E-state index is 0.767. The van der Waals surface area contributed by atoms with E-state index in [-0.39, 0.29) is 0 Å². The quantitative estimate of drug-likeness (QED) is 0.710. The van der Waals surface area contributed by atoms with Gasteiger partial charge in [-0.15, -0.1) is 0 Å². The molecule has 0 saturated carbocycles. The second-order valence-electron chi connectivity index (χ2n) is 4.90. The Balaban J connectivity index is 2.19. The summed E-state index contributed by atoms with van der Waals surface area (Å²) in [6.07, 6.45) is 2.63. The van der Waals surface area contributed by atoms with Gasteiger partial charge in [0.2, 0.25) is 0 Å². The van der Waals surface area contributed by atoms with Gasteiger partial charge >= 0.3 is 0 Å². The van der Waals surface area contributed by atoms with Gasteiger partial charge in [0.25, 0.3) is 0 Å². The zero-order valence-corrected chi connectivity index (χ0v) is 11.8. The molecule has 0 aromatic heterocycles. The summed E-state index contributed by atoms with van der Waals surface area (Å²) < 4.78 is 5.02. The lowest BCUT2D eigenvalue weighted by atomic mass is 9.97. The first-order chi connectivity index (χ1) is 8.26. The van der Waals surface area contributed by atoms with Crippen molar-refractivity contribution >= 4 is 11.6 Å². The van der Waals surface area contributed by atoms with Crippen molar-refractivity contribution in [1.82, 2.24) is 10.2 Å². The molecule has 0 radical (unpaired) electrons. The van der Waals surface area contributed by atoms with Gasteiger partial charge in [0.05, 0.1) is 6.61 Å². The maximum Gasteiger partial charge on any atom is 0.0587 e. The van der Waals surface area contributed by atoms with Crippen molar-refractivity contribution in [3.63, 3.8) is 0 Å². The summed E-state index contributed by atoms with van der Waals surface area (Å²) in [5.74, 6) is 0.767. The van der Waals surface area contributed by atoms with Crippen LogP contribution in [0.3, 0.4) is 0 Å². The zero-order chi connectivity index (χ0) is 12.5. The van der Waals surface area contributed by atoms with Crippen molar-refractivity contribution in [2.24, 2.45) is 5.92 Å². The van der Waals surface area contributed by atoms with Gasteiger partial charge in [-0.2, -0.15) is 0 Å². The average molecular weight is 261 g/mol. The second kappa shape index (κ2) is 8.92. The molecule has 1 saturated heterocycles. The molecule has 1 fully saturated rings. The van der Waals surface area contributed by atoms with Crippen LogP contribution in [0.5, 0.6) is 0 Å². The highest BCUT2D eigenvalue weighted by atomic mass is 35.5. The van der Waals surface area contributed by atoms with Gasteiger partial charge in [-0.3, -0.25) is 4.90 Å². The molecule has 4 heteroatoms. The number of likely N-dealkylation sites (tertiary alicyclic amines) is 1. The van der Waals surface area contributed by atoms with E-state index in [1.54, 1.807) is 12.6 Å². The Morgan fingerprint density at radius 2 is 2.41 bits per heavy atom. The molecule has 1 unspecified atom stereocenters. The van der Waals surface area contributed by atoms with Gasteiger partial charge in [0, 0.05) is 32.3 Å². The predicted octanol–water partition coefficient (Wildman–Crippen LogP) is 2.08. The van der Waals surface area contributed by atoms with Gasteiger partial charge in [-0.05, 0) is 44.3 Å². The fourth-order valence-corrected chi connectivity index (χ4v) is 2.40. The van der Waals surface area contributed by atoms with Gasteiger partial charge in [-0.1, -0.05) is 11.6 Å². The molecule has 0 aromatic rings. The minimum Gasteiger partial charge on any atom is -0.383 e. The van der Waals surface area contributed by atoms with Crippen LogP contribution in [0.25, 0.3) is 0 Å². The van der Waals surface area contributed by atoms with E-state index in [0.717, 1.165) is 32.2 Å². The SMILES string of the molecule is COCCNCC1CCCN(CC(C)=CCl)C1. The molecule has 0 spiro atoms. The van der Waals surface area contributed by atoms with Gasteiger partial charge in [0.15, 0.2) is 0 Å². The summed E-state index contributed by atoms with van der Waals surface area (Å²) in [7, 11) is 1.74. The van der Waals surface area contributed by atoms with Crippen LogP contribution >= 0.6 is 11.6 Å². The number of methoxy groups -OCH3 is 1. The number of hydrogen-bond donors (Lipinski definition) is 1. The van der Waals surface area contributed by atoms with E-state index >= 15 is 0 Å². The highest BCUT2D eigenvalue weighted by Gasteiger charge is 2.19. The molecule has 0 aliphatic carbocycles. The molecule has 1 heterocycles. The van der Waals surface area contributed by atoms with Crippen molar-refractivity contribution < 1.29 is 4.74 Å². The second-order valence-corrected chi connectivity index (χ2v) is 5.11. The van der Waals surface area contributed by atoms with Crippen LogP contribution in [0.15, 0.2) is 11.1 Å². The van der Waals surface area contributed by atoms with Gasteiger partial charge < -0.3 is 10.1 Å². The monoisotopic (exact) mass is 260 g/mol. The largest absolute Gasteiger partial charge is 0.383 e. The summed E-state index contributed by atoms with van der Waals surface area (Å²) in [5, 5.41) is 3.45. The molecule has 1 rings (SSSR count). The van der Waals surface area contributed by atoms with Crippen LogP contribution in [0.1, 0.15) is 19.8 Å². The topological polar surface area (TPSA) is 24.5 Å². The van der Waals surface area contributed by atoms with Crippen molar-refractivity contribution in [3.8, 4) is 0 Å². The molecule has 17 heavy (non-hydrogen) atoms. The first-order valence-electron chi connectivity index (χ1n) is 6.44. The molecule has 100 valence electrons. The van der Waals surface area contributed by atoms with E-state index in [0.29, 0.717) is 0 Å². The normalized spacial score (nSPS) is 23.0. The Hall–Kier alpha value is -0.0900. The van der Waals surface area contributed by atoms with Crippen molar-refractivity contribution in [2.45, 2.75) is 19.8 Å². The number of halogens is 1. The number of nitrogens with zero attached hydrogens (tertiary/aromatic N) is 1. The molecule has 1 N–H and O–H groups in total. The molecule has 1 aliphatic rings. The van der Waals surface area contributed by atoms with E-state index < -0.39 is 0 Å². The first-order valence-corrected chi connectivity index (χ1v) is 6.87. The van der Waals surface area contributed by atoms with Crippen LogP contribution in [-0.4, -0.2) is 51.3 Å². The first kappa shape index (κ1) is 15.0. The Morgan fingerprint density at radius 3 is 3.12 bits per heavy atom. The number of hydrogen-bond acceptors (Lipinski definition) is 3. The fraction of sp³-hybridized carbons (Fsp3) is 0.846. The maximum atomic E-state index is 5.71. The number of rotatable bonds is 7.